The lowest BCUT2D eigenvalue weighted by atomic mass is 10.2. The predicted molar refractivity (Wildman–Crippen MR) is 109 cm³/mol. The van der Waals surface area contributed by atoms with Gasteiger partial charge >= 0.3 is 0 Å². The smallest absolute Gasteiger partial charge is 0.265 e. The van der Waals surface area contributed by atoms with Crippen LogP contribution in [0.3, 0.4) is 0 Å². The van der Waals surface area contributed by atoms with Crippen molar-refractivity contribution in [1.82, 2.24) is 10.2 Å². The number of aromatic nitrogens is 2. The molecule has 0 aliphatic carbocycles. The number of aromatic amines is 1. The largest absolute Gasteiger partial charge is 0.497 e. The number of halogens is 1. The number of ether oxygens (including phenoxy) is 1. The molecule has 0 saturated carbocycles. The fraction of sp³-hybridized carbons (Fsp3) is 0.0500. The van der Waals surface area contributed by atoms with Crippen LogP contribution in [0, 0.1) is 5.82 Å². The van der Waals surface area contributed by atoms with Gasteiger partial charge in [-0.3, -0.25) is 14.7 Å². The molecule has 3 N–H and O–H groups in total. The first-order chi connectivity index (χ1) is 14.0. The number of carbonyl (C=O) groups is 2. The van der Waals surface area contributed by atoms with Gasteiger partial charge in [-0.25, -0.2) is 4.39 Å². The van der Waals surface area contributed by atoms with Gasteiger partial charge in [0.25, 0.3) is 11.8 Å². The summed E-state index contributed by atoms with van der Waals surface area (Å²) in [5.41, 5.74) is 0.778. The third-order valence-corrected chi connectivity index (χ3v) is 5.16. The molecule has 0 spiro atoms. The number of nitrogens with zero attached hydrogens (tertiary/aromatic N) is 1. The second-order valence-electron chi connectivity index (χ2n) is 6.08. The highest BCUT2D eigenvalue weighted by Crippen LogP contribution is 2.30. The van der Waals surface area contributed by atoms with E-state index in [-0.39, 0.29) is 11.5 Å². The fourth-order valence-corrected chi connectivity index (χ4v) is 3.62. The fourth-order valence-electron chi connectivity index (χ4n) is 2.73. The maximum Gasteiger partial charge on any atom is 0.265 e. The van der Waals surface area contributed by atoms with Crippen LogP contribution in [0.2, 0.25) is 0 Å². The van der Waals surface area contributed by atoms with Crippen molar-refractivity contribution >= 4 is 44.9 Å². The summed E-state index contributed by atoms with van der Waals surface area (Å²) in [5.74, 6) is -0.316. The average molecular weight is 410 g/mol. The van der Waals surface area contributed by atoms with Crippen molar-refractivity contribution in [3.63, 3.8) is 0 Å². The Labute approximate surface area is 168 Å². The summed E-state index contributed by atoms with van der Waals surface area (Å²) in [5, 5.41) is 12.9. The van der Waals surface area contributed by atoms with Crippen molar-refractivity contribution < 1.29 is 18.7 Å². The van der Waals surface area contributed by atoms with Gasteiger partial charge in [0.2, 0.25) is 0 Å². The Hall–Kier alpha value is -3.72. The third kappa shape index (κ3) is 3.94. The van der Waals surface area contributed by atoms with Crippen LogP contribution >= 0.6 is 11.3 Å². The Morgan fingerprint density at radius 3 is 2.69 bits per heavy atom. The van der Waals surface area contributed by atoms with Crippen molar-refractivity contribution in [2.45, 2.75) is 0 Å². The molecule has 0 fully saturated rings. The zero-order valence-corrected chi connectivity index (χ0v) is 16.0. The standard InChI is InChI=1S/C20H15FN4O3S/c1-28-14-7-3-6-13(9-14)22-19(27)16-10-15-17(24-25-20(15)29-16)23-18(26)11-4-2-5-12(21)8-11/h2-10H,1H3,(H,22,27)(H2,23,24,25,26). The highest BCUT2D eigenvalue weighted by molar-refractivity contribution is 7.20. The number of hydrogen-bond donors (Lipinski definition) is 3. The van der Waals surface area contributed by atoms with E-state index in [1.807, 2.05) is 0 Å². The van der Waals surface area contributed by atoms with Crippen molar-refractivity contribution in [2.75, 3.05) is 17.7 Å². The first-order valence-corrected chi connectivity index (χ1v) is 9.35. The second-order valence-corrected chi connectivity index (χ2v) is 7.11. The minimum absolute atomic E-state index is 0.180. The number of fused-ring (bicyclic) bond motifs is 1. The molecule has 146 valence electrons. The van der Waals surface area contributed by atoms with Gasteiger partial charge in [-0.05, 0) is 36.4 Å². The SMILES string of the molecule is COc1cccc(NC(=O)c2cc3c(NC(=O)c4cccc(F)c4)[nH]nc3s2)c1. The zero-order valence-electron chi connectivity index (χ0n) is 15.2. The van der Waals surface area contributed by atoms with Crippen LogP contribution in [0.25, 0.3) is 10.2 Å². The van der Waals surface area contributed by atoms with E-state index in [9.17, 15) is 14.0 Å². The number of H-pyrrole nitrogens is 1. The first kappa shape index (κ1) is 18.6. The molecule has 0 atom stereocenters. The van der Waals surface area contributed by atoms with Crippen LogP contribution in [0.15, 0.2) is 54.6 Å². The van der Waals surface area contributed by atoms with Crippen LogP contribution in [-0.2, 0) is 0 Å². The average Bonchev–Trinajstić information content (AvgIpc) is 3.30. The topological polar surface area (TPSA) is 96.1 Å². The Bertz CT molecular complexity index is 1220. The second kappa shape index (κ2) is 7.72. The maximum atomic E-state index is 13.3. The molecule has 2 amide bonds. The van der Waals surface area contributed by atoms with Crippen molar-refractivity contribution in [3.05, 3.63) is 70.9 Å². The van der Waals surface area contributed by atoms with E-state index in [4.69, 9.17) is 4.74 Å². The lowest BCUT2D eigenvalue weighted by Crippen LogP contribution is -2.12. The van der Waals surface area contributed by atoms with Gasteiger partial charge in [-0.15, -0.1) is 11.3 Å². The monoisotopic (exact) mass is 410 g/mol. The van der Waals surface area contributed by atoms with E-state index < -0.39 is 11.7 Å². The molecule has 0 unspecified atom stereocenters. The molecular formula is C20H15FN4O3S. The Kier molecular flexibility index (Phi) is 4.96. The highest BCUT2D eigenvalue weighted by atomic mass is 32.1. The Morgan fingerprint density at radius 1 is 1.07 bits per heavy atom. The molecule has 0 bridgehead atoms. The zero-order chi connectivity index (χ0) is 20.4. The number of rotatable bonds is 5. The van der Waals surface area contributed by atoms with Crippen molar-refractivity contribution in [3.8, 4) is 5.75 Å². The lowest BCUT2D eigenvalue weighted by Gasteiger charge is -2.05. The molecular weight excluding hydrogens is 395 g/mol. The van der Waals surface area contributed by atoms with Gasteiger partial charge in [0.1, 0.15) is 22.2 Å². The predicted octanol–water partition coefficient (Wildman–Crippen LogP) is 4.28. The molecule has 9 heteroatoms. The normalized spacial score (nSPS) is 10.7. The summed E-state index contributed by atoms with van der Waals surface area (Å²) >= 11 is 1.18. The highest BCUT2D eigenvalue weighted by Gasteiger charge is 2.17. The van der Waals surface area contributed by atoms with Gasteiger partial charge < -0.3 is 15.4 Å². The van der Waals surface area contributed by atoms with E-state index in [1.165, 1.54) is 29.5 Å². The molecule has 4 aromatic rings. The lowest BCUT2D eigenvalue weighted by molar-refractivity contribution is 0.102. The van der Waals surface area contributed by atoms with Crippen LogP contribution in [0.1, 0.15) is 20.0 Å². The molecule has 0 radical (unpaired) electrons. The third-order valence-electron chi connectivity index (χ3n) is 4.13. The maximum absolute atomic E-state index is 13.3. The van der Waals surface area contributed by atoms with Crippen molar-refractivity contribution in [1.29, 1.82) is 0 Å². The van der Waals surface area contributed by atoms with Gasteiger partial charge in [0, 0.05) is 17.3 Å². The quantitative estimate of drug-likeness (QED) is 0.458. The Morgan fingerprint density at radius 2 is 1.90 bits per heavy atom. The van der Waals surface area contributed by atoms with Crippen molar-refractivity contribution in [2.24, 2.45) is 0 Å². The van der Waals surface area contributed by atoms with Gasteiger partial charge in [0.15, 0.2) is 0 Å². The number of benzene rings is 2. The van der Waals surface area contributed by atoms with Gasteiger partial charge in [-0.1, -0.05) is 12.1 Å². The summed E-state index contributed by atoms with van der Waals surface area (Å²) in [7, 11) is 1.55. The van der Waals surface area contributed by atoms with Gasteiger partial charge in [-0.2, -0.15) is 5.10 Å². The molecule has 2 aromatic heterocycles. The summed E-state index contributed by atoms with van der Waals surface area (Å²) in [6.45, 7) is 0. The number of amides is 2. The molecule has 2 heterocycles. The van der Waals surface area contributed by atoms with E-state index in [2.05, 4.69) is 20.8 Å². The summed E-state index contributed by atoms with van der Waals surface area (Å²) in [6, 6.07) is 14.0. The summed E-state index contributed by atoms with van der Waals surface area (Å²) < 4.78 is 18.5. The number of nitrogens with one attached hydrogen (secondary N) is 3. The number of hydrogen-bond acceptors (Lipinski definition) is 5. The van der Waals surface area contributed by atoms with E-state index in [0.29, 0.717) is 32.3 Å². The minimum Gasteiger partial charge on any atom is -0.497 e. The number of thiophene rings is 1. The molecule has 2 aromatic carbocycles. The molecule has 4 rings (SSSR count). The number of carbonyl (C=O) groups excluding carboxylic acids is 2. The molecule has 0 saturated heterocycles. The Balaban J connectivity index is 1.53. The molecule has 7 nitrogen and oxygen atoms in total. The van der Waals surface area contributed by atoms with Gasteiger partial charge in [0.05, 0.1) is 17.4 Å². The van der Waals surface area contributed by atoms with E-state index >= 15 is 0 Å². The van der Waals surface area contributed by atoms with E-state index in [0.717, 1.165) is 6.07 Å². The molecule has 0 aliphatic rings. The summed E-state index contributed by atoms with van der Waals surface area (Å²) in [6.07, 6.45) is 0. The van der Waals surface area contributed by atoms with Crippen LogP contribution < -0.4 is 15.4 Å². The first-order valence-electron chi connectivity index (χ1n) is 8.54. The number of anilines is 2. The summed E-state index contributed by atoms with van der Waals surface area (Å²) in [4.78, 5) is 25.9. The minimum atomic E-state index is -0.501. The van der Waals surface area contributed by atoms with Crippen LogP contribution in [-0.4, -0.2) is 29.1 Å². The molecule has 29 heavy (non-hydrogen) atoms. The van der Waals surface area contributed by atoms with E-state index in [1.54, 1.807) is 37.4 Å². The van der Waals surface area contributed by atoms with Crippen LogP contribution in [0.4, 0.5) is 15.9 Å². The van der Waals surface area contributed by atoms with Crippen LogP contribution in [0.5, 0.6) is 5.75 Å². The molecule has 0 aliphatic heterocycles. The number of methoxy groups -OCH3 is 1.